The number of nitrogens with one attached hydrogen (secondary N) is 1. The third-order valence-electron chi connectivity index (χ3n) is 4.61. The van der Waals surface area contributed by atoms with Gasteiger partial charge in [-0.1, -0.05) is 0 Å². The monoisotopic (exact) mass is 388 g/mol. The molecule has 27 heavy (non-hydrogen) atoms. The summed E-state index contributed by atoms with van der Waals surface area (Å²) in [6, 6.07) is 4.24. The van der Waals surface area contributed by atoms with Gasteiger partial charge in [0.05, 0.1) is 26.2 Å². The van der Waals surface area contributed by atoms with Crippen molar-refractivity contribution in [1.82, 2.24) is 10.2 Å². The highest BCUT2D eigenvalue weighted by atomic mass is 19.4. The summed E-state index contributed by atoms with van der Waals surface area (Å²) in [5.41, 5.74) is 0.556. The number of benzene rings is 1. The van der Waals surface area contributed by atoms with Crippen LogP contribution in [0.1, 0.15) is 31.4 Å². The lowest BCUT2D eigenvalue weighted by molar-refractivity contribution is -0.148. The van der Waals surface area contributed by atoms with E-state index in [0.29, 0.717) is 23.6 Å². The number of piperidine rings is 1. The third kappa shape index (κ3) is 4.84. The predicted molar refractivity (Wildman–Crippen MR) is 91.5 cm³/mol. The maximum atomic E-state index is 12.5. The summed E-state index contributed by atoms with van der Waals surface area (Å²) in [6.07, 6.45) is -4.23. The maximum Gasteiger partial charge on any atom is 0.405 e. The lowest BCUT2D eigenvalue weighted by atomic mass is 9.83. The van der Waals surface area contributed by atoms with Crippen LogP contribution >= 0.6 is 0 Å². The van der Waals surface area contributed by atoms with Crippen molar-refractivity contribution >= 4 is 11.8 Å². The van der Waals surface area contributed by atoms with Gasteiger partial charge in [0.1, 0.15) is 18.0 Å². The zero-order chi connectivity index (χ0) is 20.2. The van der Waals surface area contributed by atoms with Crippen molar-refractivity contribution in [1.29, 1.82) is 0 Å². The summed E-state index contributed by atoms with van der Waals surface area (Å²) < 4.78 is 48.0. The first kappa shape index (κ1) is 20.9. The molecule has 0 spiro atoms. The van der Waals surface area contributed by atoms with Gasteiger partial charge in [-0.15, -0.1) is 0 Å². The van der Waals surface area contributed by atoms with Gasteiger partial charge in [-0.25, -0.2) is 0 Å². The number of carbonyl (C=O) groups is 2. The number of methoxy groups -OCH3 is 2. The Balaban J connectivity index is 2.41. The largest absolute Gasteiger partial charge is 0.497 e. The van der Waals surface area contributed by atoms with Crippen molar-refractivity contribution in [3.63, 3.8) is 0 Å². The summed E-state index contributed by atoms with van der Waals surface area (Å²) in [6.45, 7) is 0.674. The second-order valence-electron chi connectivity index (χ2n) is 6.21. The van der Waals surface area contributed by atoms with Gasteiger partial charge in [-0.05, 0) is 25.5 Å². The Morgan fingerprint density at radius 1 is 1.30 bits per heavy atom. The highest BCUT2D eigenvalue weighted by Crippen LogP contribution is 2.41. The van der Waals surface area contributed by atoms with Crippen LogP contribution in [0.2, 0.25) is 0 Å². The molecule has 1 saturated heterocycles. The fourth-order valence-corrected chi connectivity index (χ4v) is 3.37. The van der Waals surface area contributed by atoms with Crippen LogP contribution in [0.15, 0.2) is 18.2 Å². The van der Waals surface area contributed by atoms with Gasteiger partial charge < -0.3 is 19.7 Å². The van der Waals surface area contributed by atoms with Crippen molar-refractivity contribution < 1.29 is 32.2 Å². The van der Waals surface area contributed by atoms with Gasteiger partial charge in [-0.3, -0.25) is 9.59 Å². The lowest BCUT2D eigenvalue weighted by Gasteiger charge is -2.40. The van der Waals surface area contributed by atoms with Crippen molar-refractivity contribution in [2.75, 3.05) is 27.3 Å². The standard InChI is InChI=1S/C18H23F3N2O4/c1-4-23-15(24)8-7-13(17(25)22-10-18(19,20)21)16(23)12-6-5-11(26-2)9-14(12)27-3/h5-6,9,13,16H,4,7-8,10H2,1-3H3,(H,22,25)/t13-,16+/m1/s1. The van der Waals surface area contributed by atoms with Crippen LogP contribution in [0.5, 0.6) is 11.5 Å². The molecule has 1 fully saturated rings. The van der Waals surface area contributed by atoms with Crippen molar-refractivity contribution in [2.24, 2.45) is 5.92 Å². The van der Waals surface area contributed by atoms with Crippen LogP contribution in [0.3, 0.4) is 0 Å². The van der Waals surface area contributed by atoms with E-state index in [1.807, 2.05) is 5.32 Å². The van der Waals surface area contributed by atoms with Gasteiger partial charge in [0.15, 0.2) is 0 Å². The first-order valence-corrected chi connectivity index (χ1v) is 8.57. The number of carbonyl (C=O) groups excluding carboxylic acids is 2. The first-order chi connectivity index (χ1) is 12.7. The number of likely N-dealkylation sites (tertiary alicyclic amines) is 1. The zero-order valence-electron chi connectivity index (χ0n) is 15.4. The van der Waals surface area contributed by atoms with Crippen molar-refractivity contribution in [3.05, 3.63) is 23.8 Å². The van der Waals surface area contributed by atoms with Gasteiger partial charge in [0.25, 0.3) is 0 Å². The molecule has 6 nitrogen and oxygen atoms in total. The van der Waals surface area contributed by atoms with Crippen LogP contribution in [0.25, 0.3) is 0 Å². The van der Waals surface area contributed by atoms with Gasteiger partial charge in [0, 0.05) is 24.6 Å². The van der Waals surface area contributed by atoms with Gasteiger partial charge in [0.2, 0.25) is 11.8 Å². The van der Waals surface area contributed by atoms with Gasteiger partial charge in [-0.2, -0.15) is 13.2 Å². The van der Waals surface area contributed by atoms with E-state index in [-0.39, 0.29) is 18.7 Å². The van der Waals surface area contributed by atoms with Crippen LogP contribution in [0, 0.1) is 5.92 Å². The summed E-state index contributed by atoms with van der Waals surface area (Å²) in [7, 11) is 2.93. The molecule has 0 unspecified atom stereocenters. The number of ether oxygens (including phenoxy) is 2. The lowest BCUT2D eigenvalue weighted by Crippen LogP contribution is -2.49. The van der Waals surface area contributed by atoms with E-state index >= 15 is 0 Å². The molecule has 2 rings (SSSR count). The number of alkyl halides is 3. The molecule has 2 amide bonds. The Morgan fingerprint density at radius 2 is 2.00 bits per heavy atom. The third-order valence-corrected chi connectivity index (χ3v) is 4.61. The summed E-state index contributed by atoms with van der Waals surface area (Å²) in [5, 5.41) is 1.94. The van der Waals surface area contributed by atoms with E-state index in [2.05, 4.69) is 0 Å². The minimum absolute atomic E-state index is 0.104. The number of rotatable bonds is 6. The molecule has 1 aromatic rings. The van der Waals surface area contributed by atoms with Crippen molar-refractivity contribution in [3.8, 4) is 11.5 Å². The van der Waals surface area contributed by atoms with E-state index in [9.17, 15) is 22.8 Å². The van der Waals surface area contributed by atoms with E-state index in [1.54, 1.807) is 25.1 Å². The summed E-state index contributed by atoms with van der Waals surface area (Å²) >= 11 is 0. The molecule has 0 radical (unpaired) electrons. The summed E-state index contributed by atoms with van der Waals surface area (Å²) in [4.78, 5) is 26.4. The Hall–Kier alpha value is -2.45. The molecule has 0 bridgehead atoms. The van der Waals surface area contributed by atoms with Crippen LogP contribution in [0.4, 0.5) is 13.2 Å². The van der Waals surface area contributed by atoms with Gasteiger partial charge >= 0.3 is 6.18 Å². The molecule has 1 aliphatic rings. The minimum Gasteiger partial charge on any atom is -0.497 e. The van der Waals surface area contributed by atoms with Crippen LogP contribution in [-0.2, 0) is 9.59 Å². The first-order valence-electron chi connectivity index (χ1n) is 8.57. The van der Waals surface area contributed by atoms with E-state index in [4.69, 9.17) is 9.47 Å². The molecule has 2 atom stereocenters. The molecule has 9 heteroatoms. The average Bonchev–Trinajstić information content (AvgIpc) is 2.64. The fraction of sp³-hybridized carbons (Fsp3) is 0.556. The number of hydrogen-bond acceptors (Lipinski definition) is 4. The fourth-order valence-electron chi connectivity index (χ4n) is 3.37. The molecule has 0 saturated carbocycles. The second-order valence-corrected chi connectivity index (χ2v) is 6.21. The quantitative estimate of drug-likeness (QED) is 0.814. The maximum absolute atomic E-state index is 12.5. The molecule has 150 valence electrons. The second kappa shape index (κ2) is 8.49. The molecule has 1 heterocycles. The molecule has 0 aromatic heterocycles. The van der Waals surface area contributed by atoms with E-state index < -0.39 is 30.6 Å². The zero-order valence-corrected chi connectivity index (χ0v) is 15.4. The predicted octanol–water partition coefficient (Wildman–Crippen LogP) is 2.68. The van der Waals surface area contributed by atoms with E-state index in [0.717, 1.165) is 0 Å². The Labute approximate surface area is 155 Å². The molecule has 1 N–H and O–H groups in total. The SMILES string of the molecule is CCN1C(=O)CC[C@@H](C(=O)NCC(F)(F)F)[C@@H]1c1ccc(OC)cc1OC. The number of halogens is 3. The van der Waals surface area contributed by atoms with Crippen LogP contribution < -0.4 is 14.8 Å². The molecular formula is C18H23F3N2O4. The number of amides is 2. The molecule has 1 aromatic carbocycles. The molecular weight excluding hydrogens is 365 g/mol. The van der Waals surface area contributed by atoms with Crippen molar-refractivity contribution in [2.45, 2.75) is 32.0 Å². The summed E-state index contributed by atoms with van der Waals surface area (Å²) in [5.74, 6) is -0.770. The van der Waals surface area contributed by atoms with E-state index in [1.165, 1.54) is 19.1 Å². The highest BCUT2D eigenvalue weighted by Gasteiger charge is 2.42. The number of nitrogens with zero attached hydrogens (tertiary/aromatic N) is 1. The minimum atomic E-state index is -4.50. The Morgan fingerprint density at radius 3 is 2.56 bits per heavy atom. The normalized spacial score (nSPS) is 20.4. The smallest absolute Gasteiger partial charge is 0.405 e. The molecule has 0 aliphatic carbocycles. The number of hydrogen-bond donors (Lipinski definition) is 1. The average molecular weight is 388 g/mol. The topological polar surface area (TPSA) is 67.9 Å². The highest BCUT2D eigenvalue weighted by molar-refractivity contribution is 5.85. The molecule has 1 aliphatic heterocycles. The Bertz CT molecular complexity index is 694. The Kier molecular flexibility index (Phi) is 6.56. The van der Waals surface area contributed by atoms with Crippen LogP contribution in [-0.4, -0.2) is 50.2 Å².